The first-order chi connectivity index (χ1) is 29.5. The van der Waals surface area contributed by atoms with Crippen LogP contribution in [0.5, 0.6) is 0 Å². The summed E-state index contributed by atoms with van der Waals surface area (Å²) >= 11 is 0. The Kier molecular flexibility index (Phi) is 31.2. The lowest BCUT2D eigenvalue weighted by Crippen LogP contribution is -2.21. The van der Waals surface area contributed by atoms with Gasteiger partial charge in [0.25, 0.3) is 54.8 Å². The third kappa shape index (κ3) is 39.3. The van der Waals surface area contributed by atoms with Gasteiger partial charge in [-0.05, 0) is 6.92 Å². The molecular weight excluding hydrogens is 1090 g/mol. The molecular formula is C20H42O36P9-9. The average molecular weight is 1140 g/mol. The van der Waals surface area contributed by atoms with E-state index in [1.54, 1.807) is 0 Å². The van der Waals surface area contributed by atoms with Crippen molar-refractivity contribution in [2.75, 3.05) is 106 Å². The zero-order chi connectivity index (χ0) is 50.3. The summed E-state index contributed by atoms with van der Waals surface area (Å²) in [4.78, 5) is 112. The van der Waals surface area contributed by atoms with Crippen LogP contribution in [0.4, 0.5) is 0 Å². The van der Waals surface area contributed by atoms with Gasteiger partial charge >= 0.3 is 7.82 Å². The van der Waals surface area contributed by atoms with Gasteiger partial charge in [0.1, 0.15) is 0 Å². The van der Waals surface area contributed by atoms with E-state index in [-0.39, 0.29) is 0 Å². The SMILES string of the molecule is COP(=O)([O-])OCCOP(=O)([O-])OCCOP(=O)([O-])OCCOP(=O)(O)OC(C)COP(=O)([O-])OCCOP(=O)([O-])OCCOP(=O)([O-])OCCOP(=O)([O-])OCC(C)COP(=O)([O-])[O-]. The molecule has 45 heteroatoms. The highest BCUT2D eigenvalue weighted by Gasteiger charge is 2.26. The van der Waals surface area contributed by atoms with Gasteiger partial charge in [0.15, 0.2) is 0 Å². The van der Waals surface area contributed by atoms with Crippen molar-refractivity contribution in [1.29, 1.82) is 0 Å². The highest BCUT2D eigenvalue weighted by Crippen LogP contribution is 2.47. The third-order valence-electron chi connectivity index (χ3n) is 5.54. The van der Waals surface area contributed by atoms with Gasteiger partial charge in [-0.3, -0.25) is 41.0 Å². The van der Waals surface area contributed by atoms with E-state index < -0.39 is 182 Å². The quantitative estimate of drug-likeness (QED) is 0.0451. The molecule has 0 amide bonds. The minimum atomic E-state index is -5.31. The van der Waals surface area contributed by atoms with Gasteiger partial charge in [-0.15, -0.1) is 0 Å². The summed E-state index contributed by atoms with van der Waals surface area (Å²) in [5.74, 6) is -0.901. The molecule has 0 rings (SSSR count). The largest absolute Gasteiger partial charge is 0.790 e. The maximum absolute atomic E-state index is 12.1. The fraction of sp³-hybridized carbons (Fsp3) is 1.00. The zero-order valence-electron chi connectivity index (χ0n) is 33.5. The summed E-state index contributed by atoms with van der Waals surface area (Å²) in [7, 11) is -45.2. The fourth-order valence-corrected chi connectivity index (χ4v) is 9.02. The smallest absolute Gasteiger partial charge is 0.472 e. The molecule has 0 heterocycles. The lowest BCUT2D eigenvalue weighted by Gasteiger charge is -2.30. The van der Waals surface area contributed by atoms with Gasteiger partial charge in [-0.2, -0.15) is 0 Å². The van der Waals surface area contributed by atoms with Crippen molar-refractivity contribution in [2.24, 2.45) is 5.92 Å². The highest BCUT2D eigenvalue weighted by molar-refractivity contribution is 7.48. The summed E-state index contributed by atoms with van der Waals surface area (Å²) in [5.41, 5.74) is 0. The molecule has 0 aliphatic carbocycles. The molecule has 0 aromatic rings. The van der Waals surface area contributed by atoms with Crippen LogP contribution < -0.4 is 44.0 Å². The van der Waals surface area contributed by atoms with Crippen LogP contribution in [0.15, 0.2) is 0 Å². The Labute approximate surface area is 368 Å². The second-order valence-corrected chi connectivity index (χ2v) is 23.7. The Morgan fingerprint density at radius 3 is 0.862 bits per heavy atom. The van der Waals surface area contributed by atoms with Crippen molar-refractivity contribution in [2.45, 2.75) is 20.0 Å². The molecule has 0 saturated carbocycles. The Balaban J connectivity index is 4.31. The van der Waals surface area contributed by atoms with Gasteiger partial charge in [0, 0.05) is 13.0 Å². The van der Waals surface area contributed by atoms with Crippen molar-refractivity contribution < 1.29 is 167 Å². The maximum atomic E-state index is 12.1. The van der Waals surface area contributed by atoms with E-state index in [1.165, 1.54) is 6.92 Å². The van der Waals surface area contributed by atoms with Crippen molar-refractivity contribution >= 4 is 70.4 Å². The lowest BCUT2D eigenvalue weighted by molar-refractivity contribution is -0.342. The van der Waals surface area contributed by atoms with Gasteiger partial charge in [-0.1, -0.05) is 6.92 Å². The third-order valence-corrected chi connectivity index (χ3v) is 14.0. The van der Waals surface area contributed by atoms with Crippen molar-refractivity contribution in [3.05, 3.63) is 0 Å². The molecule has 1 N–H and O–H groups in total. The number of phosphoric ester groups is 9. The van der Waals surface area contributed by atoms with E-state index in [0.717, 1.165) is 14.0 Å². The van der Waals surface area contributed by atoms with Crippen molar-refractivity contribution in [3.63, 3.8) is 0 Å². The van der Waals surface area contributed by atoms with E-state index in [1.807, 2.05) is 0 Å². The van der Waals surface area contributed by atoms with Crippen LogP contribution in [0.1, 0.15) is 13.8 Å². The predicted octanol–water partition coefficient (Wildman–Crippen LogP) is -3.87. The van der Waals surface area contributed by atoms with Gasteiger partial charge < -0.3 is 121 Å². The monoisotopic (exact) mass is 1140 g/mol. The molecule has 0 saturated heterocycles. The summed E-state index contributed by atoms with van der Waals surface area (Å²) < 4.78 is 177. The van der Waals surface area contributed by atoms with Gasteiger partial charge in [0.05, 0.1) is 113 Å². The first kappa shape index (κ1) is 66.0. The molecule has 36 nitrogen and oxygen atoms in total. The Morgan fingerprint density at radius 2 is 0.585 bits per heavy atom. The second-order valence-electron chi connectivity index (χ2n) is 11.1. The van der Waals surface area contributed by atoms with Crippen LogP contribution in [0.2, 0.25) is 0 Å². The molecule has 392 valence electrons. The van der Waals surface area contributed by atoms with E-state index in [2.05, 4.69) is 76.9 Å². The van der Waals surface area contributed by atoms with E-state index in [4.69, 9.17) is 0 Å². The normalized spacial score (nSPS) is 21.0. The molecule has 10 atom stereocenters. The second kappa shape index (κ2) is 30.8. The average Bonchev–Trinajstić information content (AvgIpc) is 3.16. The topological polar surface area (TPSA) is 538 Å². The standard InChI is InChI=1S/C20H51O36P9/c1-19(16-53-57(21,22)23)17-54-63(34,35)50-12-10-47-60(28,29)44-7-8-45-61(30,31)48-11-13-51-64(36,37)55-18-20(2)56-65(38,39)52-15-14-49-62(32,33)46-9-6-43-59(26,27)42-5-4-41-58(24,25)40-3/h19-20H,4-18H2,1-3H3,(H,24,25)(H,26,27)(H,28,29)(H,30,31)(H,32,33)(H,34,35)(H,36,37)(H,38,39)(H2,21,22,23)/p-9. The van der Waals surface area contributed by atoms with Crippen molar-refractivity contribution in [3.8, 4) is 0 Å². The molecule has 10 unspecified atom stereocenters. The first-order valence-corrected chi connectivity index (χ1v) is 30.1. The molecule has 0 aliphatic rings. The van der Waals surface area contributed by atoms with Crippen LogP contribution in [-0.4, -0.2) is 117 Å². The number of hydrogen-bond acceptors (Lipinski definition) is 35. The van der Waals surface area contributed by atoms with Crippen LogP contribution in [0.25, 0.3) is 0 Å². The predicted molar refractivity (Wildman–Crippen MR) is 187 cm³/mol. The van der Waals surface area contributed by atoms with E-state index >= 15 is 0 Å². The number of hydrogen-bond donors (Lipinski definition) is 1. The Morgan fingerprint density at radius 1 is 0.354 bits per heavy atom. The molecule has 0 spiro atoms. The Bertz CT molecular complexity index is 1820. The van der Waals surface area contributed by atoms with Crippen LogP contribution in [0.3, 0.4) is 0 Å². The maximum Gasteiger partial charge on any atom is 0.472 e. The van der Waals surface area contributed by atoms with E-state index in [9.17, 15) is 90.0 Å². The summed E-state index contributed by atoms with van der Waals surface area (Å²) in [5, 5.41) is 0. The van der Waals surface area contributed by atoms with Crippen molar-refractivity contribution in [1.82, 2.24) is 0 Å². The molecule has 65 heavy (non-hydrogen) atoms. The van der Waals surface area contributed by atoms with Gasteiger partial charge in [-0.25, -0.2) is 4.57 Å². The van der Waals surface area contributed by atoms with Crippen LogP contribution in [0, 0.1) is 5.92 Å². The zero-order valence-corrected chi connectivity index (χ0v) is 41.6. The first-order valence-electron chi connectivity index (χ1n) is 16.9. The summed E-state index contributed by atoms with van der Waals surface area (Å²) in [6.07, 6.45) is -1.54. The molecule has 0 fully saturated rings. The summed E-state index contributed by atoms with van der Waals surface area (Å²) in [6, 6.07) is 0. The van der Waals surface area contributed by atoms with Gasteiger partial charge in [0.2, 0.25) is 0 Å². The molecule has 0 bridgehead atoms. The van der Waals surface area contributed by atoms with Crippen LogP contribution >= 0.6 is 70.4 Å². The molecule has 0 aliphatic heterocycles. The highest BCUT2D eigenvalue weighted by atomic mass is 31.2. The number of phosphoric acid groups is 9. The number of rotatable bonds is 42. The minimum absolute atomic E-state index is 0.676. The fourth-order valence-electron chi connectivity index (χ4n) is 3.04. The molecule has 0 radical (unpaired) electrons. The van der Waals surface area contributed by atoms with E-state index in [0.29, 0.717) is 0 Å². The Hall–Kier alpha value is 0.990. The molecule has 0 aromatic heterocycles. The summed E-state index contributed by atoms with van der Waals surface area (Å²) in [6.45, 7) is -11.4. The minimum Gasteiger partial charge on any atom is -0.790 e. The van der Waals surface area contributed by atoms with Crippen LogP contribution in [-0.2, 0) is 118 Å². The lowest BCUT2D eigenvalue weighted by atomic mass is 10.2. The molecule has 0 aromatic carbocycles.